The van der Waals surface area contributed by atoms with Crippen molar-refractivity contribution in [3.8, 4) is 0 Å². The molecule has 1 atom stereocenters. The Labute approximate surface area is 115 Å². The monoisotopic (exact) mass is 259 g/mol. The zero-order valence-corrected chi connectivity index (χ0v) is 12.3. The number of pyridine rings is 1. The molecule has 0 radical (unpaired) electrons. The smallest absolute Gasteiger partial charge is 0.403 e. The van der Waals surface area contributed by atoms with Crippen molar-refractivity contribution in [2.75, 3.05) is 0 Å². The van der Waals surface area contributed by atoms with Gasteiger partial charge in [0.25, 0.3) is 0 Å². The Hall–Kier alpha value is -0.865. The number of hydrogen-bond donors (Lipinski definition) is 0. The Morgan fingerprint density at radius 1 is 1.21 bits per heavy atom. The third kappa shape index (κ3) is 2.11. The summed E-state index contributed by atoms with van der Waals surface area (Å²) in [5.41, 5.74) is 2.01. The molecule has 0 spiro atoms. The van der Waals surface area contributed by atoms with Crippen molar-refractivity contribution in [1.82, 2.24) is 4.98 Å². The average molecular weight is 259 g/mol. The van der Waals surface area contributed by atoms with Gasteiger partial charge in [-0.2, -0.15) is 0 Å². The molecule has 102 valence electrons. The molecule has 3 rings (SSSR count). The van der Waals surface area contributed by atoms with Gasteiger partial charge in [-0.25, -0.2) is 0 Å². The summed E-state index contributed by atoms with van der Waals surface area (Å²) >= 11 is 0. The molecule has 1 unspecified atom stereocenters. The van der Waals surface area contributed by atoms with Crippen LogP contribution in [-0.2, 0) is 15.7 Å². The van der Waals surface area contributed by atoms with E-state index in [9.17, 15) is 0 Å². The van der Waals surface area contributed by atoms with Crippen LogP contribution in [0.5, 0.6) is 0 Å². The van der Waals surface area contributed by atoms with Gasteiger partial charge >= 0.3 is 7.12 Å². The fourth-order valence-corrected chi connectivity index (χ4v) is 2.96. The summed E-state index contributed by atoms with van der Waals surface area (Å²) in [6.45, 7) is 8.43. The highest BCUT2D eigenvalue weighted by molar-refractivity contribution is 6.47. The van der Waals surface area contributed by atoms with Crippen LogP contribution in [0.3, 0.4) is 0 Å². The van der Waals surface area contributed by atoms with Gasteiger partial charge < -0.3 is 9.31 Å². The lowest BCUT2D eigenvalue weighted by atomic mass is 9.64. The molecule has 3 nitrogen and oxygen atoms in total. The molecular weight excluding hydrogens is 237 g/mol. The van der Waals surface area contributed by atoms with Gasteiger partial charge in [0.05, 0.1) is 11.2 Å². The zero-order valence-electron chi connectivity index (χ0n) is 12.3. The van der Waals surface area contributed by atoms with Gasteiger partial charge in [-0.15, -0.1) is 0 Å². The SMILES string of the molecule is CC1(C)OB(C2CCCc3cccnc32)OC1(C)C. The second-order valence-electron chi connectivity index (χ2n) is 6.67. The topological polar surface area (TPSA) is 31.4 Å². The third-order valence-corrected chi connectivity index (χ3v) is 4.84. The Balaban J connectivity index is 1.90. The lowest BCUT2D eigenvalue weighted by Crippen LogP contribution is -2.41. The van der Waals surface area contributed by atoms with E-state index in [2.05, 4.69) is 38.7 Å². The Morgan fingerprint density at radius 2 is 1.89 bits per heavy atom. The van der Waals surface area contributed by atoms with Gasteiger partial charge in [-0.1, -0.05) is 6.07 Å². The minimum Gasteiger partial charge on any atom is -0.403 e. The van der Waals surface area contributed by atoms with Gasteiger partial charge in [-0.3, -0.25) is 4.98 Å². The van der Waals surface area contributed by atoms with Crippen molar-refractivity contribution in [3.63, 3.8) is 0 Å². The molecule has 0 aromatic carbocycles. The molecule has 0 amide bonds. The van der Waals surface area contributed by atoms with E-state index in [1.54, 1.807) is 0 Å². The number of hydrogen-bond acceptors (Lipinski definition) is 3. The number of rotatable bonds is 1. The van der Waals surface area contributed by atoms with Crippen LogP contribution in [0.25, 0.3) is 0 Å². The van der Waals surface area contributed by atoms with E-state index in [0.29, 0.717) is 0 Å². The van der Waals surface area contributed by atoms with Gasteiger partial charge in [0.15, 0.2) is 0 Å². The molecule has 1 aromatic heterocycles. The number of fused-ring (bicyclic) bond motifs is 1. The summed E-state index contributed by atoms with van der Waals surface area (Å²) in [7, 11) is -0.168. The quantitative estimate of drug-likeness (QED) is 0.726. The lowest BCUT2D eigenvalue weighted by Gasteiger charge is -2.32. The molecule has 0 bridgehead atoms. The highest BCUT2D eigenvalue weighted by Gasteiger charge is 2.54. The average Bonchev–Trinajstić information content (AvgIpc) is 2.58. The fraction of sp³-hybridized carbons (Fsp3) is 0.667. The van der Waals surface area contributed by atoms with Crippen molar-refractivity contribution in [1.29, 1.82) is 0 Å². The molecule has 1 aliphatic carbocycles. The molecule has 0 saturated carbocycles. The summed E-state index contributed by atoms with van der Waals surface area (Å²) in [4.78, 5) is 4.58. The van der Waals surface area contributed by atoms with Crippen LogP contribution in [0.15, 0.2) is 18.3 Å². The van der Waals surface area contributed by atoms with Crippen LogP contribution >= 0.6 is 0 Å². The first-order chi connectivity index (χ1) is 8.91. The van der Waals surface area contributed by atoms with Gasteiger partial charge in [0.2, 0.25) is 0 Å². The Kier molecular flexibility index (Phi) is 2.99. The molecule has 2 aliphatic rings. The second-order valence-corrected chi connectivity index (χ2v) is 6.67. The van der Waals surface area contributed by atoms with Crippen LogP contribution < -0.4 is 0 Å². The van der Waals surface area contributed by atoms with E-state index in [0.717, 1.165) is 12.8 Å². The number of aromatic nitrogens is 1. The van der Waals surface area contributed by atoms with Crippen molar-refractivity contribution in [2.24, 2.45) is 0 Å². The van der Waals surface area contributed by atoms with Crippen molar-refractivity contribution < 1.29 is 9.31 Å². The summed E-state index contributed by atoms with van der Waals surface area (Å²) in [6.07, 6.45) is 5.29. The summed E-state index contributed by atoms with van der Waals surface area (Å²) in [5.74, 6) is 0.269. The first-order valence-electron chi connectivity index (χ1n) is 7.20. The van der Waals surface area contributed by atoms with Crippen LogP contribution in [0.2, 0.25) is 0 Å². The van der Waals surface area contributed by atoms with E-state index >= 15 is 0 Å². The molecule has 2 heterocycles. The first kappa shape index (κ1) is 13.1. The number of aryl methyl sites for hydroxylation is 1. The van der Waals surface area contributed by atoms with Crippen LogP contribution in [0, 0.1) is 0 Å². The predicted octanol–water partition coefficient (Wildman–Crippen LogP) is 3.13. The minimum absolute atomic E-state index is 0.168. The summed E-state index contributed by atoms with van der Waals surface area (Å²) in [5, 5.41) is 0. The molecule has 1 saturated heterocycles. The van der Waals surface area contributed by atoms with E-state index in [1.165, 1.54) is 17.7 Å². The van der Waals surface area contributed by atoms with Gasteiger partial charge in [0, 0.05) is 17.7 Å². The molecule has 1 fully saturated rings. The van der Waals surface area contributed by atoms with E-state index < -0.39 is 0 Å². The lowest BCUT2D eigenvalue weighted by molar-refractivity contribution is 0.00578. The standard InChI is InChI=1S/C15H22BNO2/c1-14(2)15(3,4)19-16(18-14)12-9-5-7-11-8-6-10-17-13(11)12/h6,8,10,12H,5,7,9H2,1-4H3. The van der Waals surface area contributed by atoms with Crippen LogP contribution in [0.4, 0.5) is 0 Å². The first-order valence-corrected chi connectivity index (χ1v) is 7.20. The molecule has 1 aliphatic heterocycles. The molecular formula is C15H22BNO2. The molecule has 1 aromatic rings. The zero-order chi connectivity index (χ0) is 13.7. The Bertz CT molecular complexity index is 471. The third-order valence-electron chi connectivity index (χ3n) is 4.84. The maximum Gasteiger partial charge on any atom is 0.467 e. The highest BCUT2D eigenvalue weighted by atomic mass is 16.7. The maximum atomic E-state index is 6.20. The van der Waals surface area contributed by atoms with E-state index in [-0.39, 0.29) is 24.1 Å². The maximum absolute atomic E-state index is 6.20. The van der Waals surface area contributed by atoms with Crippen LogP contribution in [-0.4, -0.2) is 23.3 Å². The van der Waals surface area contributed by atoms with Crippen molar-refractivity contribution >= 4 is 7.12 Å². The largest absolute Gasteiger partial charge is 0.467 e. The van der Waals surface area contributed by atoms with Gasteiger partial charge in [0.1, 0.15) is 0 Å². The van der Waals surface area contributed by atoms with Crippen LogP contribution in [0.1, 0.15) is 57.6 Å². The molecule has 19 heavy (non-hydrogen) atoms. The highest BCUT2D eigenvalue weighted by Crippen LogP contribution is 2.43. The van der Waals surface area contributed by atoms with Gasteiger partial charge in [-0.05, 0) is 58.6 Å². The summed E-state index contributed by atoms with van der Waals surface area (Å²) in [6, 6.07) is 4.20. The predicted molar refractivity (Wildman–Crippen MR) is 76.0 cm³/mol. The van der Waals surface area contributed by atoms with Crippen molar-refractivity contribution in [3.05, 3.63) is 29.6 Å². The van der Waals surface area contributed by atoms with E-state index in [4.69, 9.17) is 9.31 Å². The number of nitrogens with zero attached hydrogens (tertiary/aromatic N) is 1. The Morgan fingerprint density at radius 3 is 2.58 bits per heavy atom. The fourth-order valence-electron chi connectivity index (χ4n) is 2.96. The second kappa shape index (κ2) is 4.32. The minimum atomic E-state index is -0.260. The summed E-state index contributed by atoms with van der Waals surface area (Å²) < 4.78 is 12.4. The molecule has 0 N–H and O–H groups in total. The normalized spacial score (nSPS) is 28.2. The van der Waals surface area contributed by atoms with E-state index in [1.807, 2.05) is 12.3 Å². The van der Waals surface area contributed by atoms with Crippen molar-refractivity contribution in [2.45, 2.75) is 64.0 Å². The molecule has 4 heteroatoms.